The van der Waals surface area contributed by atoms with E-state index in [9.17, 15) is 9.59 Å². The van der Waals surface area contributed by atoms with Crippen LogP contribution in [0.2, 0.25) is 0 Å². The van der Waals surface area contributed by atoms with Gasteiger partial charge in [-0.05, 0) is 18.3 Å². The highest BCUT2D eigenvalue weighted by Crippen LogP contribution is 2.51. The summed E-state index contributed by atoms with van der Waals surface area (Å²) in [6.45, 7) is 3.55. The molecule has 68 valence electrons. The molecule has 0 spiro atoms. The third-order valence-corrected chi connectivity index (χ3v) is 3.04. The minimum atomic E-state index is -1.51. The minimum absolute atomic E-state index is 0.192. The first-order valence-corrected chi connectivity index (χ1v) is 3.89. The van der Waals surface area contributed by atoms with Crippen molar-refractivity contribution in [3.63, 3.8) is 0 Å². The molecule has 1 fully saturated rings. The third-order valence-electron chi connectivity index (χ3n) is 3.04. The van der Waals surface area contributed by atoms with Gasteiger partial charge in [0, 0.05) is 0 Å². The van der Waals surface area contributed by atoms with Crippen LogP contribution >= 0.6 is 0 Å². The van der Waals surface area contributed by atoms with E-state index in [2.05, 4.69) is 0 Å². The van der Waals surface area contributed by atoms with E-state index >= 15 is 0 Å². The SMILES string of the molecule is CC1CC(C(=O)O)(C(=O)O)C1C. The maximum atomic E-state index is 10.7. The van der Waals surface area contributed by atoms with Crippen molar-refractivity contribution in [2.45, 2.75) is 20.3 Å². The van der Waals surface area contributed by atoms with Gasteiger partial charge in [-0.3, -0.25) is 9.59 Å². The second kappa shape index (κ2) is 2.47. The molecule has 4 nitrogen and oxygen atoms in total. The zero-order valence-electron chi connectivity index (χ0n) is 7.07. The maximum Gasteiger partial charge on any atom is 0.321 e. The molecule has 4 heteroatoms. The Bertz CT molecular complexity index is 219. The van der Waals surface area contributed by atoms with E-state index in [4.69, 9.17) is 10.2 Å². The third kappa shape index (κ3) is 0.838. The predicted molar refractivity (Wildman–Crippen MR) is 40.6 cm³/mol. The van der Waals surface area contributed by atoms with Gasteiger partial charge in [0.25, 0.3) is 0 Å². The first kappa shape index (κ1) is 9.03. The summed E-state index contributed by atoms with van der Waals surface area (Å²) in [6, 6.07) is 0. The highest BCUT2D eigenvalue weighted by Gasteiger charge is 2.60. The molecule has 2 atom stereocenters. The molecule has 1 aliphatic carbocycles. The number of rotatable bonds is 2. The van der Waals surface area contributed by atoms with E-state index in [1.54, 1.807) is 6.92 Å². The Morgan fingerprint density at radius 2 is 1.67 bits per heavy atom. The zero-order valence-corrected chi connectivity index (χ0v) is 7.07. The van der Waals surface area contributed by atoms with Crippen LogP contribution in [0.3, 0.4) is 0 Å². The molecule has 0 aromatic heterocycles. The van der Waals surface area contributed by atoms with Gasteiger partial charge in [0.1, 0.15) is 0 Å². The van der Waals surface area contributed by atoms with Gasteiger partial charge >= 0.3 is 11.9 Å². The summed E-state index contributed by atoms with van der Waals surface area (Å²) in [6.07, 6.45) is 0.249. The lowest BCUT2D eigenvalue weighted by Crippen LogP contribution is -2.56. The average molecular weight is 172 g/mol. The Morgan fingerprint density at radius 1 is 1.25 bits per heavy atom. The van der Waals surface area contributed by atoms with Crippen LogP contribution in [0.25, 0.3) is 0 Å². The van der Waals surface area contributed by atoms with Crippen molar-refractivity contribution < 1.29 is 19.8 Å². The Balaban J connectivity index is 2.93. The Labute approximate surface area is 70.2 Å². The van der Waals surface area contributed by atoms with Crippen LogP contribution in [0.15, 0.2) is 0 Å². The molecule has 0 radical (unpaired) electrons. The highest BCUT2D eigenvalue weighted by atomic mass is 16.4. The lowest BCUT2D eigenvalue weighted by atomic mass is 9.55. The van der Waals surface area contributed by atoms with Crippen LogP contribution in [0.4, 0.5) is 0 Å². The van der Waals surface area contributed by atoms with Crippen LogP contribution in [0, 0.1) is 17.3 Å². The van der Waals surface area contributed by atoms with Crippen molar-refractivity contribution in [1.29, 1.82) is 0 Å². The second-order valence-corrected chi connectivity index (χ2v) is 3.55. The Kier molecular flexibility index (Phi) is 1.86. The van der Waals surface area contributed by atoms with Crippen LogP contribution < -0.4 is 0 Å². The molecule has 0 heterocycles. The summed E-state index contributed by atoms with van der Waals surface area (Å²) in [7, 11) is 0. The summed E-state index contributed by atoms with van der Waals surface area (Å²) < 4.78 is 0. The smallest absolute Gasteiger partial charge is 0.321 e. The second-order valence-electron chi connectivity index (χ2n) is 3.55. The van der Waals surface area contributed by atoms with Crippen molar-refractivity contribution in [2.75, 3.05) is 0 Å². The zero-order chi connectivity index (χ0) is 9.52. The first-order chi connectivity index (χ1) is 5.43. The molecule has 0 aliphatic heterocycles. The summed E-state index contributed by atoms with van der Waals surface area (Å²) in [5.74, 6) is -2.49. The number of aliphatic carboxylic acids is 2. The molecular weight excluding hydrogens is 160 g/mol. The molecule has 0 aromatic rings. The molecule has 2 unspecified atom stereocenters. The van der Waals surface area contributed by atoms with Gasteiger partial charge in [0.05, 0.1) is 0 Å². The topological polar surface area (TPSA) is 74.6 Å². The van der Waals surface area contributed by atoms with Crippen molar-refractivity contribution in [1.82, 2.24) is 0 Å². The molecule has 0 saturated heterocycles. The molecule has 0 amide bonds. The van der Waals surface area contributed by atoms with E-state index in [1.165, 1.54) is 0 Å². The van der Waals surface area contributed by atoms with E-state index < -0.39 is 17.4 Å². The fourth-order valence-corrected chi connectivity index (χ4v) is 1.85. The van der Waals surface area contributed by atoms with Gasteiger partial charge in [-0.15, -0.1) is 0 Å². The molecule has 1 rings (SSSR count). The fraction of sp³-hybridized carbons (Fsp3) is 0.750. The standard InChI is InChI=1S/C8H12O4/c1-4-3-8(5(4)2,6(9)10)7(11)12/h4-5H,3H2,1-2H3,(H,9,10)(H,11,12). The van der Waals surface area contributed by atoms with E-state index in [0.29, 0.717) is 0 Å². The van der Waals surface area contributed by atoms with Crippen LogP contribution in [0.5, 0.6) is 0 Å². The van der Waals surface area contributed by atoms with Crippen molar-refractivity contribution in [2.24, 2.45) is 17.3 Å². The summed E-state index contributed by atoms with van der Waals surface area (Å²) >= 11 is 0. The van der Waals surface area contributed by atoms with Gasteiger partial charge in [0.2, 0.25) is 0 Å². The molecule has 12 heavy (non-hydrogen) atoms. The average Bonchev–Trinajstić information content (AvgIpc) is 1.97. The van der Waals surface area contributed by atoms with Gasteiger partial charge in [-0.25, -0.2) is 0 Å². The fourth-order valence-electron chi connectivity index (χ4n) is 1.85. The Morgan fingerprint density at radius 3 is 1.75 bits per heavy atom. The van der Waals surface area contributed by atoms with Gasteiger partial charge in [-0.1, -0.05) is 13.8 Å². The molecule has 1 aliphatic rings. The molecule has 1 saturated carbocycles. The van der Waals surface area contributed by atoms with Crippen molar-refractivity contribution >= 4 is 11.9 Å². The van der Waals surface area contributed by atoms with Gasteiger partial charge in [-0.2, -0.15) is 0 Å². The number of hydrogen-bond acceptors (Lipinski definition) is 2. The lowest BCUT2D eigenvalue weighted by Gasteiger charge is -2.46. The number of carbonyl (C=O) groups is 2. The Hall–Kier alpha value is -1.06. The van der Waals surface area contributed by atoms with Crippen LogP contribution in [0.1, 0.15) is 20.3 Å². The molecule has 2 N–H and O–H groups in total. The summed E-state index contributed by atoms with van der Waals surface area (Å²) in [4.78, 5) is 21.4. The van der Waals surface area contributed by atoms with E-state index in [-0.39, 0.29) is 18.3 Å². The largest absolute Gasteiger partial charge is 0.480 e. The number of hydrogen-bond donors (Lipinski definition) is 2. The molecule has 0 aromatic carbocycles. The minimum Gasteiger partial charge on any atom is -0.480 e. The van der Waals surface area contributed by atoms with Gasteiger partial charge in [0.15, 0.2) is 5.41 Å². The normalized spacial score (nSPS) is 32.2. The highest BCUT2D eigenvalue weighted by molar-refractivity contribution is 5.99. The monoisotopic (exact) mass is 172 g/mol. The van der Waals surface area contributed by atoms with Crippen LogP contribution in [-0.4, -0.2) is 22.2 Å². The van der Waals surface area contributed by atoms with E-state index in [1.807, 2.05) is 6.92 Å². The molecular formula is C8H12O4. The van der Waals surface area contributed by atoms with Crippen molar-refractivity contribution in [3.8, 4) is 0 Å². The van der Waals surface area contributed by atoms with Crippen LogP contribution in [-0.2, 0) is 9.59 Å². The predicted octanol–water partition coefficient (Wildman–Crippen LogP) is 0.818. The number of carboxylic acid groups (broad SMARTS) is 2. The summed E-state index contributed by atoms with van der Waals surface area (Å²) in [5.41, 5.74) is -1.51. The van der Waals surface area contributed by atoms with Gasteiger partial charge < -0.3 is 10.2 Å². The summed E-state index contributed by atoms with van der Waals surface area (Å²) in [5, 5.41) is 17.5. The number of carboxylic acids is 2. The maximum absolute atomic E-state index is 10.7. The first-order valence-electron chi connectivity index (χ1n) is 3.89. The van der Waals surface area contributed by atoms with Crippen molar-refractivity contribution in [3.05, 3.63) is 0 Å². The quantitative estimate of drug-likeness (QED) is 0.604. The lowest BCUT2D eigenvalue weighted by molar-refractivity contribution is -0.183. The molecule has 0 bridgehead atoms. The van der Waals surface area contributed by atoms with E-state index in [0.717, 1.165) is 0 Å².